The van der Waals surface area contributed by atoms with E-state index in [-0.39, 0.29) is 11.5 Å². The highest BCUT2D eigenvalue weighted by molar-refractivity contribution is 5.74. The average Bonchev–Trinajstić information content (AvgIpc) is 3.24. The van der Waals surface area contributed by atoms with Gasteiger partial charge in [0.1, 0.15) is 5.52 Å². The Morgan fingerprint density at radius 2 is 2.04 bits per heavy atom. The molecule has 0 N–H and O–H groups in total. The summed E-state index contributed by atoms with van der Waals surface area (Å²) < 4.78 is 50.2. The molecule has 2 aliphatic rings. The SMILES string of the molecule is O=C(O[C@H](c1nc2ccccc2o1)C(F)(F)F)[C@@H]1C[C@H]2CC[C@H]1C2. The minimum absolute atomic E-state index is 0.153. The number of ether oxygens (including phenoxy) is 1. The van der Waals surface area contributed by atoms with Gasteiger partial charge in [0.25, 0.3) is 6.10 Å². The summed E-state index contributed by atoms with van der Waals surface area (Å²) in [6.45, 7) is 0. The van der Waals surface area contributed by atoms with Crippen molar-refractivity contribution in [3.63, 3.8) is 0 Å². The summed E-state index contributed by atoms with van der Waals surface area (Å²) in [6.07, 6.45) is -3.74. The molecule has 4 nitrogen and oxygen atoms in total. The number of aromatic nitrogens is 1. The van der Waals surface area contributed by atoms with Gasteiger partial charge in [-0.2, -0.15) is 13.2 Å². The Morgan fingerprint density at radius 1 is 1.25 bits per heavy atom. The van der Waals surface area contributed by atoms with Gasteiger partial charge in [-0.15, -0.1) is 0 Å². The molecule has 1 aromatic carbocycles. The van der Waals surface area contributed by atoms with Crippen molar-refractivity contribution < 1.29 is 27.1 Å². The maximum atomic E-state index is 13.4. The van der Waals surface area contributed by atoms with Crippen LogP contribution in [0.25, 0.3) is 11.1 Å². The third-order valence-electron chi connectivity index (χ3n) is 5.11. The number of benzene rings is 1. The first kappa shape index (κ1) is 15.5. The van der Waals surface area contributed by atoms with Gasteiger partial charge in [-0.05, 0) is 43.2 Å². The van der Waals surface area contributed by atoms with Crippen molar-refractivity contribution in [2.75, 3.05) is 0 Å². The van der Waals surface area contributed by atoms with Crippen molar-refractivity contribution in [2.45, 2.75) is 38.0 Å². The maximum absolute atomic E-state index is 13.4. The Hall–Kier alpha value is -2.05. The number of para-hydroxylation sites is 2. The summed E-state index contributed by atoms with van der Waals surface area (Å²) in [5.41, 5.74) is 0.537. The molecule has 0 saturated heterocycles. The Kier molecular flexibility index (Phi) is 3.54. The van der Waals surface area contributed by atoms with E-state index in [9.17, 15) is 18.0 Å². The minimum atomic E-state index is -4.77. The monoisotopic (exact) mass is 339 g/mol. The molecule has 0 radical (unpaired) electrons. The summed E-state index contributed by atoms with van der Waals surface area (Å²) in [5.74, 6) is -1.24. The summed E-state index contributed by atoms with van der Waals surface area (Å²) in [7, 11) is 0. The molecule has 1 aromatic heterocycles. The second kappa shape index (κ2) is 5.50. The fourth-order valence-corrected chi connectivity index (χ4v) is 4.00. The van der Waals surface area contributed by atoms with Crippen LogP contribution in [0.4, 0.5) is 13.2 Å². The van der Waals surface area contributed by atoms with Crippen LogP contribution >= 0.6 is 0 Å². The van der Waals surface area contributed by atoms with Crippen LogP contribution in [0.3, 0.4) is 0 Å². The van der Waals surface area contributed by atoms with Crippen LogP contribution in [0.1, 0.15) is 37.7 Å². The van der Waals surface area contributed by atoms with Gasteiger partial charge in [-0.1, -0.05) is 18.6 Å². The topological polar surface area (TPSA) is 52.3 Å². The maximum Gasteiger partial charge on any atom is 0.434 e. The minimum Gasteiger partial charge on any atom is -0.442 e. The second-order valence-corrected chi connectivity index (χ2v) is 6.66. The number of fused-ring (bicyclic) bond motifs is 3. The van der Waals surface area contributed by atoms with E-state index in [1.165, 1.54) is 6.07 Å². The largest absolute Gasteiger partial charge is 0.442 e. The van der Waals surface area contributed by atoms with E-state index >= 15 is 0 Å². The van der Waals surface area contributed by atoms with Crippen LogP contribution in [0.15, 0.2) is 28.7 Å². The molecule has 4 rings (SSSR count). The van der Waals surface area contributed by atoms with Gasteiger partial charge in [0.05, 0.1) is 5.92 Å². The summed E-state index contributed by atoms with van der Waals surface area (Å²) in [6, 6.07) is 6.37. The van der Waals surface area contributed by atoms with Crippen molar-refractivity contribution >= 4 is 17.1 Å². The lowest BCUT2D eigenvalue weighted by atomic mass is 9.89. The number of carbonyl (C=O) groups excluding carboxylic acids is 1. The molecule has 2 fully saturated rings. The molecule has 2 aromatic rings. The van der Waals surface area contributed by atoms with Crippen molar-refractivity contribution in [1.82, 2.24) is 4.98 Å². The second-order valence-electron chi connectivity index (χ2n) is 6.66. The van der Waals surface area contributed by atoms with Gasteiger partial charge in [-0.3, -0.25) is 4.79 Å². The van der Waals surface area contributed by atoms with E-state index in [4.69, 9.17) is 9.15 Å². The molecule has 24 heavy (non-hydrogen) atoms. The molecule has 0 amide bonds. The van der Waals surface area contributed by atoms with Crippen LogP contribution in [-0.2, 0) is 9.53 Å². The van der Waals surface area contributed by atoms with Gasteiger partial charge in [-0.25, -0.2) is 4.98 Å². The standard InChI is InChI=1S/C17H16F3NO3/c18-17(19,20)14(15-21-12-3-1-2-4-13(12)23-15)24-16(22)11-8-9-5-6-10(11)7-9/h1-4,9-11,14H,5-8H2/t9-,10-,11+,14+/m0/s1. The molecule has 0 unspecified atom stereocenters. The van der Waals surface area contributed by atoms with E-state index in [1.807, 2.05) is 0 Å². The van der Waals surface area contributed by atoms with Crippen molar-refractivity contribution in [3.05, 3.63) is 30.2 Å². The fourth-order valence-electron chi connectivity index (χ4n) is 4.00. The van der Waals surface area contributed by atoms with E-state index in [0.717, 1.165) is 19.3 Å². The molecular formula is C17H16F3NO3. The molecule has 2 saturated carbocycles. The number of rotatable bonds is 3. The number of nitrogens with zero attached hydrogens (tertiary/aromatic N) is 1. The lowest BCUT2D eigenvalue weighted by Crippen LogP contribution is -2.31. The van der Waals surface area contributed by atoms with E-state index < -0.39 is 30.1 Å². The van der Waals surface area contributed by atoms with Gasteiger partial charge in [0.2, 0.25) is 5.89 Å². The Bertz CT molecular complexity index is 737. The smallest absolute Gasteiger partial charge is 0.434 e. The van der Waals surface area contributed by atoms with Gasteiger partial charge >= 0.3 is 12.1 Å². The molecular weight excluding hydrogens is 323 g/mol. The highest BCUT2D eigenvalue weighted by atomic mass is 19.4. The van der Waals surface area contributed by atoms with Gasteiger partial charge in [0.15, 0.2) is 5.58 Å². The van der Waals surface area contributed by atoms with Crippen LogP contribution in [0.2, 0.25) is 0 Å². The first-order valence-electron chi connectivity index (χ1n) is 8.04. The molecule has 0 spiro atoms. The molecule has 2 aliphatic carbocycles. The number of hydrogen-bond donors (Lipinski definition) is 0. The van der Waals surface area contributed by atoms with Gasteiger partial charge in [0, 0.05) is 0 Å². The number of carbonyl (C=O) groups is 1. The molecule has 0 aliphatic heterocycles. The van der Waals surface area contributed by atoms with Gasteiger partial charge < -0.3 is 9.15 Å². The first-order chi connectivity index (χ1) is 11.4. The number of alkyl halides is 3. The molecule has 4 atom stereocenters. The molecule has 1 heterocycles. The van der Waals surface area contributed by atoms with Crippen LogP contribution in [0.5, 0.6) is 0 Å². The predicted molar refractivity (Wildman–Crippen MR) is 77.8 cm³/mol. The molecule has 128 valence electrons. The molecule has 2 bridgehead atoms. The number of esters is 1. The quantitative estimate of drug-likeness (QED) is 0.777. The summed E-state index contributed by atoms with van der Waals surface area (Å²) in [5, 5.41) is 0. The average molecular weight is 339 g/mol. The fraction of sp³-hybridized carbons (Fsp3) is 0.529. The molecule has 7 heteroatoms. The zero-order valence-corrected chi connectivity index (χ0v) is 12.8. The predicted octanol–water partition coefficient (Wildman–Crippen LogP) is 4.41. The van der Waals surface area contributed by atoms with Crippen molar-refractivity contribution in [2.24, 2.45) is 17.8 Å². The number of oxazole rings is 1. The first-order valence-corrected chi connectivity index (χ1v) is 8.04. The van der Waals surface area contributed by atoms with E-state index in [1.54, 1.807) is 18.2 Å². The number of halogens is 3. The zero-order chi connectivity index (χ0) is 16.9. The zero-order valence-electron chi connectivity index (χ0n) is 12.8. The van der Waals surface area contributed by atoms with Crippen LogP contribution < -0.4 is 0 Å². The van der Waals surface area contributed by atoms with Crippen LogP contribution in [0, 0.1) is 17.8 Å². The Balaban J connectivity index is 1.59. The van der Waals surface area contributed by atoms with Crippen molar-refractivity contribution in [1.29, 1.82) is 0 Å². The summed E-state index contributed by atoms with van der Waals surface area (Å²) >= 11 is 0. The Morgan fingerprint density at radius 3 is 2.67 bits per heavy atom. The summed E-state index contributed by atoms with van der Waals surface area (Å²) in [4.78, 5) is 16.1. The van der Waals surface area contributed by atoms with Crippen LogP contribution in [-0.4, -0.2) is 17.1 Å². The highest BCUT2D eigenvalue weighted by Crippen LogP contribution is 2.49. The third-order valence-corrected chi connectivity index (χ3v) is 5.11. The lowest BCUT2D eigenvalue weighted by Gasteiger charge is -2.23. The number of hydrogen-bond acceptors (Lipinski definition) is 4. The van der Waals surface area contributed by atoms with E-state index in [2.05, 4.69) is 4.98 Å². The van der Waals surface area contributed by atoms with Crippen molar-refractivity contribution in [3.8, 4) is 0 Å². The lowest BCUT2D eigenvalue weighted by molar-refractivity contribution is -0.232. The van der Waals surface area contributed by atoms with E-state index in [0.29, 0.717) is 17.9 Å². The third kappa shape index (κ3) is 2.65. The highest BCUT2D eigenvalue weighted by Gasteiger charge is 2.51. The normalized spacial score (nSPS) is 27.5. The Labute approximate surface area is 136 Å².